The van der Waals surface area contributed by atoms with E-state index < -0.39 is 5.97 Å². The molecule has 2 N–H and O–H groups in total. The molecule has 0 atom stereocenters. The van der Waals surface area contributed by atoms with Gasteiger partial charge < -0.3 is 15.2 Å². The summed E-state index contributed by atoms with van der Waals surface area (Å²) in [5.74, 6) is -1.43. The third kappa shape index (κ3) is 3.40. The number of carboxylic acid groups (broad SMARTS) is 1. The van der Waals surface area contributed by atoms with Crippen LogP contribution in [0.15, 0.2) is 40.9 Å². The molecule has 0 fully saturated rings. The van der Waals surface area contributed by atoms with E-state index in [-0.39, 0.29) is 27.9 Å². The molecule has 0 bridgehead atoms. The molecule has 0 aromatic heterocycles. The summed E-state index contributed by atoms with van der Waals surface area (Å²) in [7, 11) is 1.34. The lowest BCUT2D eigenvalue weighted by atomic mass is 10.1. The molecule has 7 heteroatoms. The van der Waals surface area contributed by atoms with Crippen LogP contribution in [0, 0.1) is 0 Å². The average Bonchev–Trinajstić information content (AvgIpc) is 2.49. The maximum Gasteiger partial charge on any atom is 0.339 e. The Morgan fingerprint density at radius 3 is 2.50 bits per heavy atom. The topological polar surface area (TPSA) is 75.6 Å². The molecule has 0 radical (unpaired) electrons. The van der Waals surface area contributed by atoms with Crippen LogP contribution < -0.4 is 10.1 Å². The molecule has 0 aliphatic heterocycles. The second kappa shape index (κ2) is 6.81. The van der Waals surface area contributed by atoms with Crippen molar-refractivity contribution in [3.8, 4) is 5.75 Å². The van der Waals surface area contributed by atoms with E-state index in [1.54, 1.807) is 24.3 Å². The molecule has 2 aromatic rings. The minimum Gasteiger partial charge on any atom is -0.496 e. The Bertz CT molecular complexity index is 748. The van der Waals surface area contributed by atoms with Crippen LogP contribution in [0.2, 0.25) is 5.02 Å². The quantitative estimate of drug-likeness (QED) is 0.833. The summed E-state index contributed by atoms with van der Waals surface area (Å²) in [4.78, 5) is 23.3. The van der Waals surface area contributed by atoms with Gasteiger partial charge in [-0.2, -0.15) is 0 Å². The molecule has 5 nitrogen and oxygen atoms in total. The molecule has 0 aliphatic rings. The smallest absolute Gasteiger partial charge is 0.339 e. The molecule has 0 saturated heterocycles. The van der Waals surface area contributed by atoms with Crippen LogP contribution in [0.25, 0.3) is 0 Å². The van der Waals surface area contributed by atoms with Crippen LogP contribution in [0.5, 0.6) is 5.75 Å². The van der Waals surface area contributed by atoms with Crippen LogP contribution in [0.4, 0.5) is 5.69 Å². The number of hydrogen-bond acceptors (Lipinski definition) is 3. The summed E-state index contributed by atoms with van der Waals surface area (Å²) in [5.41, 5.74) is 0.621. The molecule has 22 heavy (non-hydrogen) atoms. The second-order valence-electron chi connectivity index (χ2n) is 4.27. The van der Waals surface area contributed by atoms with Crippen LogP contribution in [-0.4, -0.2) is 24.1 Å². The average molecular weight is 385 g/mol. The molecule has 0 aliphatic carbocycles. The van der Waals surface area contributed by atoms with Gasteiger partial charge in [0.05, 0.1) is 23.4 Å². The van der Waals surface area contributed by atoms with Gasteiger partial charge in [-0.05, 0) is 34.1 Å². The molecular weight excluding hydrogens is 374 g/mol. The summed E-state index contributed by atoms with van der Waals surface area (Å²) in [6.45, 7) is 0. The van der Waals surface area contributed by atoms with Crippen LogP contribution in [-0.2, 0) is 0 Å². The van der Waals surface area contributed by atoms with Gasteiger partial charge in [0, 0.05) is 10.5 Å². The van der Waals surface area contributed by atoms with E-state index in [2.05, 4.69) is 21.2 Å². The Morgan fingerprint density at radius 2 is 1.91 bits per heavy atom. The van der Waals surface area contributed by atoms with Crippen LogP contribution >= 0.6 is 27.5 Å². The van der Waals surface area contributed by atoms with E-state index >= 15 is 0 Å². The highest BCUT2D eigenvalue weighted by atomic mass is 79.9. The molecule has 2 aromatic carbocycles. The monoisotopic (exact) mass is 383 g/mol. The van der Waals surface area contributed by atoms with Crippen molar-refractivity contribution in [3.05, 3.63) is 57.0 Å². The number of anilines is 1. The number of halogens is 2. The maximum absolute atomic E-state index is 12.2. The largest absolute Gasteiger partial charge is 0.496 e. The second-order valence-corrected chi connectivity index (χ2v) is 5.53. The lowest BCUT2D eigenvalue weighted by Gasteiger charge is -2.12. The van der Waals surface area contributed by atoms with Gasteiger partial charge in [0.1, 0.15) is 11.3 Å². The van der Waals surface area contributed by atoms with Crippen molar-refractivity contribution in [2.45, 2.75) is 0 Å². The minimum absolute atomic E-state index is 0.0774. The number of methoxy groups -OCH3 is 1. The van der Waals surface area contributed by atoms with Gasteiger partial charge in [0.15, 0.2) is 0 Å². The van der Waals surface area contributed by atoms with Gasteiger partial charge in [-0.1, -0.05) is 23.7 Å². The highest BCUT2D eigenvalue weighted by molar-refractivity contribution is 9.10. The fraction of sp³-hybridized carbons (Fsp3) is 0.0667. The molecule has 2 rings (SSSR count). The zero-order valence-corrected chi connectivity index (χ0v) is 13.7. The Hall–Kier alpha value is -2.05. The highest BCUT2D eigenvalue weighted by Gasteiger charge is 2.17. The van der Waals surface area contributed by atoms with Crippen molar-refractivity contribution in [1.29, 1.82) is 0 Å². The molecule has 0 heterocycles. The van der Waals surface area contributed by atoms with Gasteiger partial charge in [0.25, 0.3) is 5.91 Å². The number of amides is 1. The number of carbonyl (C=O) groups excluding carboxylic acids is 1. The van der Waals surface area contributed by atoms with Crippen molar-refractivity contribution in [2.75, 3.05) is 12.4 Å². The fourth-order valence-corrected chi connectivity index (χ4v) is 2.50. The van der Waals surface area contributed by atoms with Crippen molar-refractivity contribution in [1.82, 2.24) is 0 Å². The first-order valence-corrected chi connectivity index (χ1v) is 7.28. The SMILES string of the molecule is COc1cc(NC(=O)c2ccccc2Br)c(Cl)cc1C(=O)O. The number of nitrogens with one attached hydrogen (secondary N) is 1. The van der Waals surface area contributed by atoms with E-state index in [9.17, 15) is 9.59 Å². The lowest BCUT2D eigenvalue weighted by molar-refractivity contribution is 0.0693. The number of aromatic carboxylic acids is 1. The molecule has 0 unspecified atom stereocenters. The van der Waals surface area contributed by atoms with Gasteiger partial charge in [-0.25, -0.2) is 4.79 Å². The lowest BCUT2D eigenvalue weighted by Crippen LogP contribution is -2.13. The van der Waals surface area contributed by atoms with Crippen molar-refractivity contribution < 1.29 is 19.4 Å². The van der Waals surface area contributed by atoms with Gasteiger partial charge in [-0.15, -0.1) is 0 Å². The molecule has 1 amide bonds. The molecule has 114 valence electrons. The summed E-state index contributed by atoms with van der Waals surface area (Å²) in [5, 5.41) is 11.8. The summed E-state index contributed by atoms with van der Waals surface area (Å²) < 4.78 is 5.65. The standard InChI is InChI=1S/C15H11BrClNO4/c1-22-13-7-12(11(17)6-9(13)15(20)21)18-14(19)8-4-2-3-5-10(8)16/h2-7H,1H3,(H,18,19)(H,20,21). The maximum atomic E-state index is 12.2. The minimum atomic E-state index is -1.16. The Labute approximate surface area is 140 Å². The van der Waals surface area contributed by atoms with E-state index in [0.29, 0.717) is 10.0 Å². The highest BCUT2D eigenvalue weighted by Crippen LogP contribution is 2.31. The van der Waals surface area contributed by atoms with Crippen LogP contribution in [0.3, 0.4) is 0 Å². The van der Waals surface area contributed by atoms with Gasteiger partial charge in [0.2, 0.25) is 0 Å². The first kappa shape index (κ1) is 16.3. The fourth-order valence-electron chi connectivity index (χ4n) is 1.82. The summed E-state index contributed by atoms with van der Waals surface area (Å²) >= 11 is 9.32. The number of rotatable bonds is 4. The molecule has 0 spiro atoms. The molecular formula is C15H11BrClNO4. The summed E-state index contributed by atoms with van der Waals surface area (Å²) in [6.07, 6.45) is 0. The van der Waals surface area contributed by atoms with E-state index in [4.69, 9.17) is 21.4 Å². The third-order valence-corrected chi connectivity index (χ3v) is 3.89. The van der Waals surface area contributed by atoms with E-state index in [0.717, 1.165) is 0 Å². The number of hydrogen-bond donors (Lipinski definition) is 2. The van der Waals surface area contributed by atoms with Crippen molar-refractivity contribution >= 4 is 45.1 Å². The zero-order valence-electron chi connectivity index (χ0n) is 11.4. The predicted molar refractivity (Wildman–Crippen MR) is 87.1 cm³/mol. The normalized spacial score (nSPS) is 10.1. The first-order chi connectivity index (χ1) is 10.4. The number of benzene rings is 2. The number of ether oxygens (including phenoxy) is 1. The third-order valence-electron chi connectivity index (χ3n) is 2.89. The van der Waals surface area contributed by atoms with Gasteiger partial charge >= 0.3 is 5.97 Å². The summed E-state index contributed by atoms with van der Waals surface area (Å²) in [6, 6.07) is 9.52. The first-order valence-electron chi connectivity index (χ1n) is 6.10. The van der Waals surface area contributed by atoms with Crippen molar-refractivity contribution in [3.63, 3.8) is 0 Å². The Balaban J connectivity index is 2.36. The number of carbonyl (C=O) groups is 2. The van der Waals surface area contributed by atoms with Gasteiger partial charge in [-0.3, -0.25) is 4.79 Å². The molecule has 0 saturated carbocycles. The predicted octanol–water partition coefficient (Wildman–Crippen LogP) is 4.06. The number of carboxylic acids is 1. The van der Waals surface area contributed by atoms with E-state index in [1.165, 1.54) is 19.2 Å². The Morgan fingerprint density at radius 1 is 1.23 bits per heavy atom. The van der Waals surface area contributed by atoms with E-state index in [1.807, 2.05) is 0 Å². The van der Waals surface area contributed by atoms with Crippen molar-refractivity contribution in [2.24, 2.45) is 0 Å². The van der Waals surface area contributed by atoms with Crippen LogP contribution in [0.1, 0.15) is 20.7 Å². The zero-order chi connectivity index (χ0) is 16.3. The Kier molecular flexibility index (Phi) is 5.05.